The molecule has 32 heavy (non-hydrogen) atoms. The van der Waals surface area contributed by atoms with Gasteiger partial charge < -0.3 is 24.5 Å². The Morgan fingerprint density at radius 3 is 2.56 bits per heavy atom. The number of anilines is 2. The van der Waals surface area contributed by atoms with E-state index in [2.05, 4.69) is 45.1 Å². The normalized spacial score (nSPS) is 15.1. The smallest absolute Gasteiger partial charge is 0.324 e. The molecule has 0 radical (unpaired) electrons. The first-order valence-corrected chi connectivity index (χ1v) is 10.9. The van der Waals surface area contributed by atoms with Crippen molar-refractivity contribution in [2.75, 3.05) is 23.7 Å². The molecule has 9 heteroatoms. The summed E-state index contributed by atoms with van der Waals surface area (Å²) >= 11 is 0. The fraction of sp³-hybridized carbons (Fsp3) is 0.391. The van der Waals surface area contributed by atoms with Crippen molar-refractivity contribution in [3.8, 4) is 17.0 Å². The van der Waals surface area contributed by atoms with Crippen molar-refractivity contribution in [3.05, 3.63) is 42.6 Å². The number of piperidine rings is 1. The third-order valence-corrected chi connectivity index (χ3v) is 5.88. The summed E-state index contributed by atoms with van der Waals surface area (Å²) in [5.74, 6) is 1.59. The third-order valence-electron chi connectivity index (χ3n) is 5.88. The number of aryl methyl sites for hydroxylation is 1. The van der Waals surface area contributed by atoms with E-state index in [0.29, 0.717) is 11.9 Å². The van der Waals surface area contributed by atoms with Crippen LogP contribution in [0.3, 0.4) is 0 Å². The molecule has 0 spiro atoms. The van der Waals surface area contributed by atoms with Crippen molar-refractivity contribution in [2.45, 2.75) is 38.7 Å². The Kier molecular flexibility index (Phi) is 5.16. The van der Waals surface area contributed by atoms with Crippen LogP contribution in [0.4, 0.5) is 11.7 Å². The van der Waals surface area contributed by atoms with Gasteiger partial charge in [0.05, 0.1) is 0 Å². The molecule has 0 atom stereocenters. The highest BCUT2D eigenvalue weighted by molar-refractivity contribution is 5.95. The number of nitrogens with two attached hydrogens (primary N) is 1. The Hall–Kier alpha value is -3.62. The van der Waals surface area contributed by atoms with Gasteiger partial charge in [-0.25, -0.2) is 4.98 Å². The SMILES string of the molecule is CC(C)c1noc(N2CCC(Oc3ncnc4c(-c5ccc(N)cc5)cn(C)c34)CC2)n1. The minimum absolute atomic E-state index is 0.0618. The molecular formula is C23H27N7O2. The van der Waals surface area contributed by atoms with Crippen molar-refractivity contribution in [1.29, 1.82) is 0 Å². The van der Waals surface area contributed by atoms with E-state index in [1.807, 2.05) is 35.9 Å². The van der Waals surface area contributed by atoms with Crippen LogP contribution in [0.5, 0.6) is 5.88 Å². The van der Waals surface area contributed by atoms with E-state index in [1.165, 1.54) is 0 Å². The van der Waals surface area contributed by atoms with Crippen molar-refractivity contribution < 1.29 is 9.26 Å². The summed E-state index contributed by atoms with van der Waals surface area (Å²) in [7, 11) is 1.99. The van der Waals surface area contributed by atoms with E-state index in [0.717, 1.165) is 59.6 Å². The Labute approximate surface area is 186 Å². The topological polar surface area (TPSA) is 108 Å². The van der Waals surface area contributed by atoms with Crippen LogP contribution in [0.15, 0.2) is 41.3 Å². The van der Waals surface area contributed by atoms with Gasteiger partial charge in [0.25, 0.3) is 0 Å². The van der Waals surface area contributed by atoms with E-state index < -0.39 is 0 Å². The number of nitrogen functional groups attached to an aromatic ring is 1. The lowest BCUT2D eigenvalue weighted by atomic mass is 10.1. The summed E-state index contributed by atoms with van der Waals surface area (Å²) < 4.78 is 13.8. The van der Waals surface area contributed by atoms with E-state index >= 15 is 0 Å². The lowest BCUT2D eigenvalue weighted by Crippen LogP contribution is -2.38. The second kappa shape index (κ2) is 8.14. The average Bonchev–Trinajstić information content (AvgIpc) is 3.41. The van der Waals surface area contributed by atoms with Gasteiger partial charge in [-0.2, -0.15) is 9.97 Å². The molecule has 1 aliphatic rings. The van der Waals surface area contributed by atoms with E-state index in [-0.39, 0.29) is 12.0 Å². The second-order valence-electron chi connectivity index (χ2n) is 8.55. The molecule has 3 aromatic heterocycles. The first-order valence-electron chi connectivity index (χ1n) is 10.9. The zero-order chi connectivity index (χ0) is 22.2. The standard InChI is InChI=1S/C23H27N7O2/c1-14(2)21-27-23(32-28-21)30-10-8-17(9-11-30)31-22-20-19(25-13-26-22)18(12-29(20)3)15-4-6-16(24)7-5-15/h4-7,12-14,17H,8-11,24H2,1-3H3. The molecule has 1 fully saturated rings. The maximum atomic E-state index is 6.36. The van der Waals surface area contributed by atoms with Crippen molar-refractivity contribution in [3.63, 3.8) is 0 Å². The van der Waals surface area contributed by atoms with Gasteiger partial charge in [-0.15, -0.1) is 0 Å². The summed E-state index contributed by atoms with van der Waals surface area (Å²) in [6.07, 6.45) is 5.38. The largest absolute Gasteiger partial charge is 0.473 e. The van der Waals surface area contributed by atoms with Crippen LogP contribution in [0, 0.1) is 0 Å². The van der Waals surface area contributed by atoms with E-state index in [4.69, 9.17) is 15.0 Å². The first kappa shape index (κ1) is 20.3. The van der Waals surface area contributed by atoms with Crippen molar-refractivity contribution in [1.82, 2.24) is 24.7 Å². The number of hydrogen-bond acceptors (Lipinski definition) is 8. The van der Waals surface area contributed by atoms with Gasteiger partial charge in [0.15, 0.2) is 5.82 Å². The molecule has 2 N–H and O–H groups in total. The van der Waals surface area contributed by atoms with Gasteiger partial charge in [-0.1, -0.05) is 31.1 Å². The highest BCUT2D eigenvalue weighted by Crippen LogP contribution is 2.34. The molecule has 1 saturated heterocycles. The van der Waals surface area contributed by atoms with Crippen molar-refractivity contribution >= 4 is 22.7 Å². The highest BCUT2D eigenvalue weighted by atomic mass is 16.5. The van der Waals surface area contributed by atoms with E-state index in [1.54, 1.807) is 6.33 Å². The molecule has 5 rings (SSSR count). The van der Waals surface area contributed by atoms with Crippen LogP contribution < -0.4 is 15.4 Å². The van der Waals surface area contributed by atoms with Crippen LogP contribution in [-0.2, 0) is 7.05 Å². The predicted molar refractivity (Wildman–Crippen MR) is 123 cm³/mol. The van der Waals surface area contributed by atoms with Crippen LogP contribution >= 0.6 is 0 Å². The molecule has 1 aliphatic heterocycles. The lowest BCUT2D eigenvalue weighted by Gasteiger charge is -2.30. The van der Waals surface area contributed by atoms with E-state index in [9.17, 15) is 0 Å². The van der Waals surface area contributed by atoms with Crippen LogP contribution in [-0.4, -0.2) is 43.9 Å². The van der Waals surface area contributed by atoms with Gasteiger partial charge >= 0.3 is 6.01 Å². The molecule has 1 aromatic carbocycles. The Morgan fingerprint density at radius 1 is 1.12 bits per heavy atom. The molecule has 0 unspecified atom stereocenters. The van der Waals surface area contributed by atoms with Crippen LogP contribution in [0.1, 0.15) is 38.4 Å². The second-order valence-corrected chi connectivity index (χ2v) is 8.55. The van der Waals surface area contributed by atoms with Gasteiger partial charge in [0, 0.05) is 56.3 Å². The summed E-state index contributed by atoms with van der Waals surface area (Å²) in [6, 6.07) is 8.39. The Balaban J connectivity index is 1.33. The number of nitrogens with zero attached hydrogens (tertiary/aromatic N) is 6. The van der Waals surface area contributed by atoms with Gasteiger partial charge in [-0.3, -0.25) is 0 Å². The maximum absolute atomic E-state index is 6.36. The number of fused-ring (bicyclic) bond motifs is 1. The summed E-state index contributed by atoms with van der Waals surface area (Å²) in [5.41, 5.74) is 10.4. The fourth-order valence-corrected chi connectivity index (χ4v) is 4.07. The third kappa shape index (κ3) is 3.74. The minimum Gasteiger partial charge on any atom is -0.473 e. The quantitative estimate of drug-likeness (QED) is 0.474. The molecule has 0 bridgehead atoms. The molecule has 0 saturated carbocycles. The zero-order valence-electron chi connectivity index (χ0n) is 18.5. The summed E-state index contributed by atoms with van der Waals surface area (Å²) in [6.45, 7) is 5.70. The predicted octanol–water partition coefficient (Wildman–Crippen LogP) is 3.77. The lowest BCUT2D eigenvalue weighted by molar-refractivity contribution is 0.163. The van der Waals surface area contributed by atoms with Gasteiger partial charge in [0.2, 0.25) is 5.88 Å². The fourth-order valence-electron chi connectivity index (χ4n) is 4.07. The maximum Gasteiger partial charge on any atom is 0.324 e. The highest BCUT2D eigenvalue weighted by Gasteiger charge is 2.26. The van der Waals surface area contributed by atoms with Gasteiger partial charge in [0.1, 0.15) is 23.5 Å². The van der Waals surface area contributed by atoms with Gasteiger partial charge in [-0.05, 0) is 17.7 Å². The molecule has 4 aromatic rings. The average molecular weight is 434 g/mol. The number of ether oxygens (including phenoxy) is 1. The number of aromatic nitrogens is 5. The Bertz CT molecular complexity index is 1220. The molecule has 4 heterocycles. The summed E-state index contributed by atoms with van der Waals surface area (Å²) in [5, 5.41) is 4.07. The molecule has 0 aliphatic carbocycles. The molecular weight excluding hydrogens is 406 g/mol. The molecule has 166 valence electrons. The monoisotopic (exact) mass is 433 g/mol. The number of rotatable bonds is 5. The van der Waals surface area contributed by atoms with Crippen molar-refractivity contribution in [2.24, 2.45) is 7.05 Å². The minimum atomic E-state index is 0.0618. The first-order chi connectivity index (χ1) is 15.5. The van der Waals surface area contributed by atoms with Crippen LogP contribution in [0.25, 0.3) is 22.2 Å². The number of hydrogen-bond donors (Lipinski definition) is 1. The molecule has 9 nitrogen and oxygen atoms in total. The number of benzene rings is 1. The molecule has 0 amide bonds. The Morgan fingerprint density at radius 2 is 1.88 bits per heavy atom. The van der Waals surface area contributed by atoms with Crippen LogP contribution in [0.2, 0.25) is 0 Å². The summed E-state index contributed by atoms with van der Waals surface area (Å²) in [4.78, 5) is 15.6. The zero-order valence-corrected chi connectivity index (χ0v) is 18.5.